The monoisotopic (exact) mass is 427 g/mol. The van der Waals surface area contributed by atoms with Crippen LogP contribution in [0, 0.1) is 5.92 Å². The third-order valence-electron chi connectivity index (χ3n) is 7.69. The van der Waals surface area contributed by atoms with Crippen molar-refractivity contribution in [1.29, 1.82) is 0 Å². The molecule has 164 valence electrons. The van der Waals surface area contributed by atoms with Gasteiger partial charge in [0.2, 0.25) is 5.91 Å². The molecule has 7 heteroatoms. The maximum atomic E-state index is 13.6. The minimum atomic E-state index is -0.718. The van der Waals surface area contributed by atoms with Crippen LogP contribution in [0.5, 0.6) is 0 Å². The van der Waals surface area contributed by atoms with Gasteiger partial charge in [-0.15, -0.1) is 11.6 Å². The van der Waals surface area contributed by atoms with E-state index >= 15 is 0 Å². The highest BCUT2D eigenvalue weighted by Gasteiger charge is 2.60. The van der Waals surface area contributed by atoms with Crippen LogP contribution < -0.4 is 0 Å². The van der Waals surface area contributed by atoms with Gasteiger partial charge >= 0.3 is 0 Å². The van der Waals surface area contributed by atoms with E-state index in [1.165, 1.54) is 0 Å². The highest BCUT2D eigenvalue weighted by molar-refractivity contribution is 6.20. The van der Waals surface area contributed by atoms with Crippen LogP contribution in [0.25, 0.3) is 0 Å². The summed E-state index contributed by atoms with van der Waals surface area (Å²) in [5.41, 5.74) is -0.718. The Kier molecular flexibility index (Phi) is 6.14. The Morgan fingerprint density at radius 1 is 1.03 bits per heavy atom. The Labute approximate surface area is 178 Å². The summed E-state index contributed by atoms with van der Waals surface area (Å²) in [5.74, 6) is 0.618. The summed E-state index contributed by atoms with van der Waals surface area (Å²) in [4.78, 5) is 32.7. The van der Waals surface area contributed by atoms with Gasteiger partial charge in [0.1, 0.15) is 18.3 Å². The average molecular weight is 428 g/mol. The van der Waals surface area contributed by atoms with Gasteiger partial charge in [0.05, 0.1) is 0 Å². The smallest absolute Gasteiger partial charge is 0.251 e. The fraction of sp³-hybridized carbons (Fsp3) is 0.909. The lowest BCUT2D eigenvalue weighted by atomic mass is 9.78. The van der Waals surface area contributed by atoms with Gasteiger partial charge in [0, 0.05) is 37.1 Å². The first-order valence-corrected chi connectivity index (χ1v) is 11.9. The third kappa shape index (κ3) is 4.04. The number of amides is 2. The van der Waals surface area contributed by atoms with Gasteiger partial charge in [0.15, 0.2) is 0 Å². The van der Waals surface area contributed by atoms with Crippen molar-refractivity contribution in [2.24, 2.45) is 5.92 Å². The van der Waals surface area contributed by atoms with E-state index < -0.39 is 11.7 Å². The number of hydrogen-bond acceptors (Lipinski definition) is 3. The standard InChI is InChI=1S/C22H35ClFN3O2/c1-15(2)26-12-20(28)27(11-16-3-5-17(23)6-4-16)22(21(26)29)13-25(14-22)19-9-7-18(24)8-10-19/h15-19H,3-14H2,1-2H3. The topological polar surface area (TPSA) is 43.9 Å². The zero-order chi connectivity index (χ0) is 20.8. The molecule has 5 nitrogen and oxygen atoms in total. The molecule has 0 aromatic rings. The first kappa shape index (κ1) is 21.4. The molecule has 2 heterocycles. The van der Waals surface area contributed by atoms with Gasteiger partial charge in [-0.1, -0.05) is 0 Å². The number of hydrogen-bond donors (Lipinski definition) is 0. The minimum Gasteiger partial charge on any atom is -0.329 e. The van der Waals surface area contributed by atoms with Crippen LogP contribution in [-0.2, 0) is 9.59 Å². The number of alkyl halides is 2. The minimum absolute atomic E-state index is 0.0215. The van der Waals surface area contributed by atoms with Crippen molar-refractivity contribution in [1.82, 2.24) is 14.7 Å². The lowest BCUT2D eigenvalue weighted by Crippen LogP contribution is -2.82. The van der Waals surface area contributed by atoms with Gasteiger partial charge in [-0.3, -0.25) is 14.5 Å². The predicted octanol–water partition coefficient (Wildman–Crippen LogP) is 3.20. The molecule has 1 spiro atoms. The third-order valence-corrected chi connectivity index (χ3v) is 8.13. The zero-order valence-corrected chi connectivity index (χ0v) is 18.5. The average Bonchev–Trinajstić information content (AvgIpc) is 2.65. The summed E-state index contributed by atoms with van der Waals surface area (Å²) in [7, 11) is 0. The van der Waals surface area contributed by atoms with Crippen LogP contribution in [0.2, 0.25) is 0 Å². The Morgan fingerprint density at radius 2 is 1.66 bits per heavy atom. The number of rotatable bonds is 4. The lowest BCUT2D eigenvalue weighted by Gasteiger charge is -2.61. The molecule has 2 aliphatic carbocycles. The number of halogens is 2. The largest absolute Gasteiger partial charge is 0.329 e. The molecule has 2 aliphatic heterocycles. The van der Waals surface area contributed by atoms with Crippen LogP contribution >= 0.6 is 11.6 Å². The summed E-state index contributed by atoms with van der Waals surface area (Å²) in [5, 5.41) is 0.250. The van der Waals surface area contributed by atoms with E-state index in [1.807, 2.05) is 18.7 Å². The fourth-order valence-corrected chi connectivity index (χ4v) is 6.02. The van der Waals surface area contributed by atoms with Crippen LogP contribution in [0.3, 0.4) is 0 Å². The maximum absolute atomic E-state index is 13.6. The fourth-order valence-electron chi connectivity index (χ4n) is 5.77. The van der Waals surface area contributed by atoms with Gasteiger partial charge in [0.25, 0.3) is 5.91 Å². The van der Waals surface area contributed by atoms with Crippen LogP contribution in [0.1, 0.15) is 65.2 Å². The molecular weight excluding hydrogens is 393 g/mol. The first-order chi connectivity index (χ1) is 13.8. The van der Waals surface area contributed by atoms with Crippen LogP contribution in [0.15, 0.2) is 0 Å². The van der Waals surface area contributed by atoms with Crippen molar-refractivity contribution in [2.45, 2.75) is 94.4 Å². The Balaban J connectivity index is 1.50. The Morgan fingerprint density at radius 3 is 2.24 bits per heavy atom. The molecule has 0 aromatic heterocycles. The van der Waals surface area contributed by atoms with Gasteiger partial charge < -0.3 is 9.80 Å². The highest BCUT2D eigenvalue weighted by Crippen LogP contribution is 2.40. The molecule has 0 radical (unpaired) electrons. The number of nitrogens with zero attached hydrogens (tertiary/aromatic N) is 3. The van der Waals surface area contributed by atoms with Crippen molar-refractivity contribution in [3.05, 3.63) is 0 Å². The SMILES string of the molecule is CC(C)N1CC(=O)N(CC2CCC(Cl)CC2)C2(CN(C3CCC(F)CC3)C2)C1=O. The summed E-state index contributed by atoms with van der Waals surface area (Å²) in [6, 6.07) is 0.367. The number of carbonyl (C=O) groups is 2. The van der Waals surface area contributed by atoms with E-state index in [4.69, 9.17) is 11.6 Å². The Hall–Kier alpha value is -0.880. The molecule has 2 saturated heterocycles. The molecule has 0 atom stereocenters. The first-order valence-electron chi connectivity index (χ1n) is 11.4. The molecule has 4 fully saturated rings. The summed E-state index contributed by atoms with van der Waals surface area (Å²) >= 11 is 6.27. The number of piperazine rings is 1. The number of carbonyl (C=O) groups excluding carboxylic acids is 2. The molecule has 29 heavy (non-hydrogen) atoms. The lowest BCUT2D eigenvalue weighted by molar-refractivity contribution is -0.185. The molecule has 0 bridgehead atoms. The Bertz CT molecular complexity index is 624. The quantitative estimate of drug-likeness (QED) is 0.647. The second kappa shape index (κ2) is 8.33. The molecule has 0 aromatic carbocycles. The van der Waals surface area contributed by atoms with Crippen molar-refractivity contribution < 1.29 is 14.0 Å². The van der Waals surface area contributed by atoms with Crippen molar-refractivity contribution in [3.8, 4) is 0 Å². The van der Waals surface area contributed by atoms with Crippen molar-refractivity contribution in [2.75, 3.05) is 26.2 Å². The summed E-state index contributed by atoms with van der Waals surface area (Å²) < 4.78 is 13.6. The summed E-state index contributed by atoms with van der Waals surface area (Å²) in [6.07, 6.45) is 6.30. The van der Waals surface area contributed by atoms with E-state index in [0.29, 0.717) is 44.4 Å². The maximum Gasteiger partial charge on any atom is 0.251 e. The van der Waals surface area contributed by atoms with E-state index in [9.17, 15) is 14.0 Å². The number of likely N-dealkylation sites (tertiary alicyclic amines) is 1. The molecule has 0 unspecified atom stereocenters. The predicted molar refractivity (Wildman–Crippen MR) is 112 cm³/mol. The van der Waals surface area contributed by atoms with E-state index in [1.54, 1.807) is 4.90 Å². The second-order valence-electron chi connectivity index (χ2n) is 9.99. The summed E-state index contributed by atoms with van der Waals surface area (Å²) in [6.45, 7) is 6.03. The molecule has 4 rings (SSSR count). The van der Waals surface area contributed by atoms with E-state index in [-0.39, 0.29) is 29.8 Å². The van der Waals surface area contributed by atoms with Crippen LogP contribution in [0.4, 0.5) is 4.39 Å². The van der Waals surface area contributed by atoms with Crippen LogP contribution in [-0.4, -0.2) is 81.9 Å². The van der Waals surface area contributed by atoms with E-state index in [0.717, 1.165) is 38.5 Å². The molecule has 4 aliphatic rings. The molecule has 2 saturated carbocycles. The molecule has 0 N–H and O–H groups in total. The van der Waals surface area contributed by atoms with Crippen molar-refractivity contribution in [3.63, 3.8) is 0 Å². The van der Waals surface area contributed by atoms with Gasteiger partial charge in [-0.2, -0.15) is 0 Å². The zero-order valence-electron chi connectivity index (χ0n) is 17.8. The normalized spacial score (nSPS) is 36.0. The van der Waals surface area contributed by atoms with Gasteiger partial charge in [-0.25, -0.2) is 4.39 Å². The molecule has 2 amide bonds. The second-order valence-corrected chi connectivity index (χ2v) is 10.6. The van der Waals surface area contributed by atoms with E-state index in [2.05, 4.69) is 4.90 Å². The highest BCUT2D eigenvalue weighted by atomic mass is 35.5. The molecular formula is C22H35ClFN3O2. The van der Waals surface area contributed by atoms with Crippen molar-refractivity contribution >= 4 is 23.4 Å². The van der Waals surface area contributed by atoms with Gasteiger partial charge in [-0.05, 0) is 71.1 Å².